The lowest BCUT2D eigenvalue weighted by Gasteiger charge is -2.26. The summed E-state index contributed by atoms with van der Waals surface area (Å²) in [7, 11) is -14.8. The van der Waals surface area contributed by atoms with Crippen LogP contribution in [0, 0.1) is 35.5 Å². The predicted molar refractivity (Wildman–Crippen MR) is 503 cm³/mol. The highest BCUT2D eigenvalue weighted by Gasteiger charge is 2.33. The molecule has 16 rings (SSSR count). The van der Waals surface area contributed by atoms with Gasteiger partial charge in [0, 0.05) is 99.6 Å². The number of hydrogen-bond acceptors (Lipinski definition) is 15. The van der Waals surface area contributed by atoms with E-state index in [-0.39, 0.29) is 28.6 Å². The van der Waals surface area contributed by atoms with Gasteiger partial charge in [0.25, 0.3) is 40.1 Å². The van der Waals surface area contributed by atoms with Crippen LogP contribution in [0.25, 0.3) is 43.6 Å². The molecule has 0 atom stereocenters. The molecule has 7 heterocycles. The first-order valence-electron chi connectivity index (χ1n) is 44.4. The minimum absolute atomic E-state index is 0.183. The number of aromatic nitrogens is 9. The molecule has 0 spiro atoms. The molecular weight excluding hydrogens is 1650 g/mol. The van der Waals surface area contributed by atoms with Crippen LogP contribution in [0.4, 0.5) is 22.7 Å². The molecule has 27 heteroatoms. The van der Waals surface area contributed by atoms with Crippen LogP contribution in [0.3, 0.4) is 0 Å². The summed E-state index contributed by atoms with van der Waals surface area (Å²) in [6, 6.07) is 56.7. The molecule has 1 saturated carbocycles. The van der Waals surface area contributed by atoms with E-state index in [0.29, 0.717) is 88.0 Å². The number of fused-ring (bicyclic) bond motifs is 4. The van der Waals surface area contributed by atoms with E-state index in [4.69, 9.17) is 9.47 Å². The number of aryl methyl sites for hydroxylation is 4. The zero-order valence-corrected chi connectivity index (χ0v) is 77.7. The molecule has 3 aliphatic rings. The van der Waals surface area contributed by atoms with Gasteiger partial charge in [-0.3, -0.25) is 40.9 Å². The van der Waals surface area contributed by atoms with Crippen LogP contribution in [0.2, 0.25) is 0 Å². The van der Waals surface area contributed by atoms with Gasteiger partial charge in [0.2, 0.25) is 0 Å². The van der Waals surface area contributed by atoms with Gasteiger partial charge in [-0.2, -0.15) is 20.4 Å². The summed E-state index contributed by atoms with van der Waals surface area (Å²) in [6.45, 7) is 31.7. The van der Waals surface area contributed by atoms with E-state index < -0.39 is 40.1 Å². The Morgan fingerprint density at radius 1 is 0.336 bits per heavy atom. The van der Waals surface area contributed by atoms with Crippen LogP contribution < -0.4 is 17.2 Å². The average molecular weight is 1770 g/mol. The zero-order chi connectivity index (χ0) is 88.7. The van der Waals surface area contributed by atoms with Crippen LogP contribution in [-0.2, 0) is 94.9 Å². The molecule has 0 N–H and O–H groups in total. The molecule has 2 aliphatic heterocycles. The number of rotatable bonds is 31. The van der Waals surface area contributed by atoms with Crippen molar-refractivity contribution in [3.8, 4) is 0 Å². The van der Waals surface area contributed by atoms with Crippen molar-refractivity contribution in [2.45, 2.75) is 199 Å². The predicted octanol–water partition coefficient (Wildman–Crippen LogP) is 19.8. The van der Waals surface area contributed by atoms with E-state index in [1.165, 1.54) is 58.7 Å². The maximum Gasteiger partial charge on any atom is 0.264 e. The first-order valence-corrected chi connectivity index (χ1v) is 50.2. The van der Waals surface area contributed by atoms with Gasteiger partial charge in [-0.05, 0) is 261 Å². The Balaban J connectivity index is 0.000000143. The van der Waals surface area contributed by atoms with Crippen LogP contribution in [0.5, 0.6) is 0 Å². The van der Waals surface area contributed by atoms with Crippen LogP contribution >= 0.6 is 0 Å². The first-order chi connectivity index (χ1) is 60.0. The molecule has 2 saturated heterocycles. The summed E-state index contributed by atoms with van der Waals surface area (Å²) in [4.78, 5) is 5.24. The maximum absolute atomic E-state index is 13.7. The maximum atomic E-state index is 13.7. The summed E-state index contributed by atoms with van der Waals surface area (Å²) in [5.74, 6) is 2.02. The molecule has 0 amide bonds. The fraction of sp³-hybridized carbons (Fsp3) is 0.418. The monoisotopic (exact) mass is 1770 g/mol. The number of hydrogen-bond donors (Lipinski definition) is 0. The molecule has 1 aliphatic carbocycles. The third-order valence-electron chi connectivity index (χ3n) is 23.5. The van der Waals surface area contributed by atoms with Crippen LogP contribution in [0.15, 0.2) is 239 Å². The molecule has 664 valence electrons. The number of benzene rings is 8. The highest BCUT2D eigenvalue weighted by Crippen LogP contribution is 2.37. The Morgan fingerprint density at radius 2 is 0.624 bits per heavy atom. The zero-order valence-electron chi connectivity index (χ0n) is 74.4. The van der Waals surface area contributed by atoms with Crippen molar-refractivity contribution >= 4 is 106 Å². The summed E-state index contributed by atoms with van der Waals surface area (Å²) in [6.07, 6.45) is 22.0. The molecule has 125 heavy (non-hydrogen) atoms. The van der Waals surface area contributed by atoms with E-state index in [2.05, 4.69) is 53.1 Å². The van der Waals surface area contributed by atoms with Gasteiger partial charge in [-0.25, -0.2) is 33.7 Å². The van der Waals surface area contributed by atoms with E-state index in [1.54, 1.807) is 85.7 Å². The second kappa shape index (κ2) is 41.4. The largest absolute Gasteiger partial charge is 0.381 e. The van der Waals surface area contributed by atoms with Crippen LogP contribution in [0.1, 0.15) is 162 Å². The third kappa shape index (κ3) is 22.4. The van der Waals surface area contributed by atoms with E-state index in [1.807, 2.05) is 208 Å². The second-order valence-electron chi connectivity index (χ2n) is 34.8. The SMILES string of the molecule is CCc1ccc(N(CC(C)C)S(=O)(=O)c2ccc3c(cnn3C3CCOCC3)c2)cc1.CCc1ccc(N(CC(C)C)S(=O)(=O)c2ccc3c(cnn3CC3CCC3)c2)cc1.CCc1ccc(N(CC(C)C)S(=O)(=O)c2ccc3c(cnn3CC3CCOCC3)c2)cc1.CCc1ccc(N(CC(C)C)S(=O)(=O)c2ccc3c(cnn3Cc3ccncc3)c2)cc1. The standard InChI is InChI=1S/C25H28N4O2S.C25H33N3O3S.C24H31N3O3S.C24H31N3O2S/c1-4-20-5-7-23(8-6-20)29(17-19(2)3)32(30,31)24-9-10-25-22(15-24)16-27-28(25)18-21-11-13-26-14-12-21;1-4-20-5-7-23(8-6-20)28(17-19(2)3)32(29,30)24-9-10-25-22(15-24)16-26-27(25)18-21-11-13-31-14-12-21;1-4-19-5-7-21(8-6-19)26(17-18(2)3)31(28,29)23-9-10-24-20(15-23)16-25-27(24)22-11-13-30-14-12-22;1-4-19-8-10-22(11-9-19)27(16-18(2)3)30(28,29)23-12-13-24-21(14-23)15-25-26(24)17-20-6-5-7-20/h5-16,19H,4,17-18H2,1-3H3;5-10,15-16,19,21H,4,11-14,17-18H2,1-3H3;5-10,15-16,18,22H,4,11-14,17H2,1-3H3;8-15,18,20H,4-7,16-17H2,1-3H3. The average Bonchev–Trinajstić information content (AvgIpc) is 1.77. The van der Waals surface area contributed by atoms with Gasteiger partial charge in [0.1, 0.15) is 0 Å². The number of nitrogens with zero attached hydrogens (tertiary/aromatic N) is 13. The van der Waals surface area contributed by atoms with Crippen molar-refractivity contribution < 1.29 is 43.1 Å². The minimum Gasteiger partial charge on any atom is -0.381 e. The lowest BCUT2D eigenvalue weighted by molar-refractivity contribution is 0.0605. The molecule has 0 unspecified atom stereocenters. The van der Waals surface area contributed by atoms with Gasteiger partial charge in [0.15, 0.2) is 0 Å². The van der Waals surface area contributed by atoms with Crippen molar-refractivity contribution in [3.63, 3.8) is 0 Å². The smallest absolute Gasteiger partial charge is 0.264 e. The topological polar surface area (TPSA) is 252 Å². The number of pyridine rings is 1. The summed E-state index contributed by atoms with van der Waals surface area (Å²) in [5, 5.41) is 21.5. The lowest BCUT2D eigenvalue weighted by Crippen LogP contribution is -2.34. The number of anilines is 4. The van der Waals surface area contributed by atoms with Crippen molar-refractivity contribution in [1.82, 2.24) is 44.1 Å². The molecule has 13 aromatic rings. The highest BCUT2D eigenvalue weighted by molar-refractivity contribution is 7.93. The summed E-state index contributed by atoms with van der Waals surface area (Å²) < 4.78 is 134. The molecule has 0 radical (unpaired) electrons. The van der Waals surface area contributed by atoms with E-state index in [9.17, 15) is 33.7 Å². The van der Waals surface area contributed by atoms with E-state index in [0.717, 1.165) is 140 Å². The normalized spacial score (nSPS) is 14.5. The molecular formula is C98H123N13O10S4. The Bertz CT molecular complexity index is 6200. The Kier molecular flexibility index (Phi) is 30.6. The Labute approximate surface area is 740 Å². The summed E-state index contributed by atoms with van der Waals surface area (Å²) >= 11 is 0. The summed E-state index contributed by atoms with van der Waals surface area (Å²) in [5.41, 5.74) is 12.5. The van der Waals surface area contributed by atoms with Gasteiger partial charge in [0.05, 0.1) is 102 Å². The minimum atomic E-state index is -3.72. The van der Waals surface area contributed by atoms with Crippen molar-refractivity contribution in [2.24, 2.45) is 35.5 Å². The number of sulfonamides is 4. The highest BCUT2D eigenvalue weighted by atomic mass is 32.2. The van der Waals surface area contributed by atoms with Gasteiger partial charge in [-0.1, -0.05) is 138 Å². The number of ether oxygens (including phenoxy) is 2. The van der Waals surface area contributed by atoms with Crippen molar-refractivity contribution in [2.75, 3.05) is 69.8 Å². The van der Waals surface area contributed by atoms with Gasteiger partial charge < -0.3 is 9.47 Å². The van der Waals surface area contributed by atoms with Crippen LogP contribution in [-0.4, -0.2) is 130 Å². The fourth-order valence-electron chi connectivity index (χ4n) is 16.1. The third-order valence-corrected chi connectivity index (χ3v) is 30.6. The molecule has 3 fully saturated rings. The van der Waals surface area contributed by atoms with Crippen molar-refractivity contribution in [1.29, 1.82) is 0 Å². The molecule has 23 nitrogen and oxygen atoms in total. The van der Waals surface area contributed by atoms with Gasteiger partial charge in [-0.15, -0.1) is 0 Å². The molecule has 8 aromatic carbocycles. The Morgan fingerprint density at radius 3 is 0.936 bits per heavy atom. The first kappa shape index (κ1) is 92.4. The molecule has 0 bridgehead atoms. The Hall–Kier alpha value is -10.3. The quantitative estimate of drug-likeness (QED) is 0.0392. The van der Waals surface area contributed by atoms with Gasteiger partial charge >= 0.3 is 0 Å². The lowest BCUT2D eigenvalue weighted by atomic mass is 9.85. The van der Waals surface area contributed by atoms with Crippen molar-refractivity contribution in [3.05, 3.63) is 247 Å². The van der Waals surface area contributed by atoms with E-state index >= 15 is 0 Å². The second-order valence-corrected chi connectivity index (χ2v) is 42.2. The molecule has 5 aromatic heterocycles. The fourth-order valence-corrected chi connectivity index (χ4v) is 22.7.